The van der Waals surface area contributed by atoms with E-state index in [0.29, 0.717) is 12.1 Å². The van der Waals surface area contributed by atoms with Crippen LogP contribution in [0.4, 0.5) is 16.2 Å². The van der Waals surface area contributed by atoms with Crippen molar-refractivity contribution in [3.8, 4) is 0 Å². The van der Waals surface area contributed by atoms with E-state index in [9.17, 15) is 23.3 Å². The SMILES string of the molecule is O=C(NCC1CCS(=O)(=O)C1)Nc1ccc([N+](=O)[O-])cc1. The molecule has 1 unspecified atom stereocenters. The topological polar surface area (TPSA) is 118 Å². The zero-order valence-electron chi connectivity index (χ0n) is 11.1. The maximum absolute atomic E-state index is 11.6. The van der Waals surface area contributed by atoms with Crippen molar-refractivity contribution >= 4 is 27.2 Å². The third-order valence-electron chi connectivity index (χ3n) is 3.21. The van der Waals surface area contributed by atoms with Gasteiger partial charge in [0.1, 0.15) is 0 Å². The van der Waals surface area contributed by atoms with Crippen molar-refractivity contribution in [2.24, 2.45) is 5.92 Å². The molecule has 1 heterocycles. The van der Waals surface area contributed by atoms with Crippen LogP contribution < -0.4 is 10.6 Å². The molecule has 0 saturated carbocycles. The predicted molar refractivity (Wildman–Crippen MR) is 76.9 cm³/mol. The van der Waals surface area contributed by atoms with Crippen molar-refractivity contribution in [1.29, 1.82) is 0 Å². The summed E-state index contributed by atoms with van der Waals surface area (Å²) in [6, 6.07) is 4.97. The molecular formula is C12H15N3O5S. The lowest BCUT2D eigenvalue weighted by atomic mass is 10.1. The average molecular weight is 313 g/mol. The van der Waals surface area contributed by atoms with Crippen LogP contribution in [-0.2, 0) is 9.84 Å². The number of nitrogens with zero attached hydrogens (tertiary/aromatic N) is 1. The van der Waals surface area contributed by atoms with Crippen LogP contribution in [0.3, 0.4) is 0 Å². The highest BCUT2D eigenvalue weighted by molar-refractivity contribution is 7.91. The van der Waals surface area contributed by atoms with Crippen LogP contribution in [0.25, 0.3) is 0 Å². The average Bonchev–Trinajstić information content (AvgIpc) is 2.77. The maximum Gasteiger partial charge on any atom is 0.319 e. The molecular weight excluding hydrogens is 298 g/mol. The van der Waals surface area contributed by atoms with E-state index >= 15 is 0 Å². The number of non-ortho nitro benzene ring substituents is 1. The summed E-state index contributed by atoms with van der Waals surface area (Å²) in [5, 5.41) is 15.6. The molecule has 1 aliphatic heterocycles. The van der Waals surface area contributed by atoms with Crippen molar-refractivity contribution < 1.29 is 18.1 Å². The number of anilines is 1. The molecule has 0 bridgehead atoms. The molecule has 9 heteroatoms. The molecule has 0 aromatic heterocycles. The lowest BCUT2D eigenvalue weighted by molar-refractivity contribution is -0.384. The summed E-state index contributed by atoms with van der Waals surface area (Å²) in [5.41, 5.74) is 0.370. The number of amides is 2. The Morgan fingerprint density at radius 1 is 1.33 bits per heavy atom. The van der Waals surface area contributed by atoms with E-state index in [1.54, 1.807) is 0 Å². The number of sulfone groups is 1. The van der Waals surface area contributed by atoms with Crippen LogP contribution in [0.5, 0.6) is 0 Å². The first-order valence-corrected chi connectivity index (χ1v) is 8.17. The zero-order valence-corrected chi connectivity index (χ0v) is 11.9. The quantitative estimate of drug-likeness (QED) is 0.638. The summed E-state index contributed by atoms with van der Waals surface area (Å²) in [6.07, 6.45) is 0.556. The van der Waals surface area contributed by atoms with Crippen LogP contribution in [0.1, 0.15) is 6.42 Å². The Labute approximate surface area is 121 Å². The van der Waals surface area contributed by atoms with Gasteiger partial charge in [0.2, 0.25) is 0 Å². The maximum atomic E-state index is 11.6. The highest BCUT2D eigenvalue weighted by atomic mass is 32.2. The smallest absolute Gasteiger partial charge is 0.319 e. The lowest BCUT2D eigenvalue weighted by Gasteiger charge is -2.10. The van der Waals surface area contributed by atoms with E-state index in [2.05, 4.69) is 10.6 Å². The Balaban J connectivity index is 1.81. The van der Waals surface area contributed by atoms with Gasteiger partial charge in [-0.1, -0.05) is 0 Å². The van der Waals surface area contributed by atoms with E-state index in [1.165, 1.54) is 24.3 Å². The van der Waals surface area contributed by atoms with Crippen molar-refractivity contribution in [3.63, 3.8) is 0 Å². The molecule has 1 saturated heterocycles. The Morgan fingerprint density at radius 2 is 2.00 bits per heavy atom. The molecule has 0 radical (unpaired) electrons. The number of carbonyl (C=O) groups is 1. The minimum atomic E-state index is -2.95. The van der Waals surface area contributed by atoms with Gasteiger partial charge in [-0.3, -0.25) is 10.1 Å². The van der Waals surface area contributed by atoms with Gasteiger partial charge in [0.25, 0.3) is 5.69 Å². The highest BCUT2D eigenvalue weighted by Gasteiger charge is 2.27. The molecule has 1 aromatic rings. The van der Waals surface area contributed by atoms with Crippen molar-refractivity contribution in [2.45, 2.75) is 6.42 Å². The molecule has 2 N–H and O–H groups in total. The molecule has 1 atom stereocenters. The fourth-order valence-corrected chi connectivity index (χ4v) is 3.97. The second-order valence-corrected chi connectivity index (χ2v) is 7.14. The Kier molecular flexibility index (Phi) is 4.41. The number of nitro benzene ring substituents is 1. The molecule has 0 aliphatic carbocycles. The number of hydrogen-bond donors (Lipinski definition) is 2. The van der Waals surface area contributed by atoms with E-state index < -0.39 is 20.8 Å². The second-order valence-electron chi connectivity index (χ2n) is 4.91. The summed E-state index contributed by atoms with van der Waals surface area (Å²) in [4.78, 5) is 21.6. The molecule has 2 amide bonds. The molecule has 1 aromatic carbocycles. The summed E-state index contributed by atoms with van der Waals surface area (Å²) >= 11 is 0. The van der Waals surface area contributed by atoms with Crippen molar-refractivity contribution in [3.05, 3.63) is 34.4 Å². The Hall–Kier alpha value is -2.16. The third kappa shape index (κ3) is 4.42. The van der Waals surface area contributed by atoms with Crippen LogP contribution in [-0.4, -0.2) is 37.4 Å². The molecule has 21 heavy (non-hydrogen) atoms. The van der Waals surface area contributed by atoms with Gasteiger partial charge in [0.05, 0.1) is 16.4 Å². The number of hydrogen-bond acceptors (Lipinski definition) is 5. The van der Waals surface area contributed by atoms with Crippen molar-refractivity contribution in [1.82, 2.24) is 5.32 Å². The number of benzene rings is 1. The largest absolute Gasteiger partial charge is 0.338 e. The van der Waals surface area contributed by atoms with Gasteiger partial charge in [0, 0.05) is 24.4 Å². The minimum Gasteiger partial charge on any atom is -0.338 e. The molecule has 0 spiro atoms. The van der Waals surface area contributed by atoms with E-state index in [4.69, 9.17) is 0 Å². The number of rotatable bonds is 4. The summed E-state index contributed by atoms with van der Waals surface area (Å²) < 4.78 is 22.6. The minimum absolute atomic E-state index is 0.0578. The fourth-order valence-electron chi connectivity index (χ4n) is 2.11. The van der Waals surface area contributed by atoms with Crippen molar-refractivity contribution in [2.75, 3.05) is 23.4 Å². The first kappa shape index (κ1) is 15.2. The number of urea groups is 1. The lowest BCUT2D eigenvalue weighted by Crippen LogP contribution is -2.33. The van der Waals surface area contributed by atoms with Gasteiger partial charge in [-0.2, -0.15) is 0 Å². The van der Waals surface area contributed by atoms with E-state index in [-0.39, 0.29) is 29.7 Å². The standard InChI is InChI=1S/C12H15N3O5S/c16-12(13-7-9-5-6-21(19,20)8-9)14-10-1-3-11(4-2-10)15(17)18/h1-4,9H,5-8H2,(H2,13,14,16). The second kappa shape index (κ2) is 6.08. The first-order valence-electron chi connectivity index (χ1n) is 6.35. The summed E-state index contributed by atoms with van der Waals surface area (Å²) in [6.45, 7) is 0.290. The van der Waals surface area contributed by atoms with Gasteiger partial charge >= 0.3 is 6.03 Å². The summed E-state index contributed by atoms with van der Waals surface area (Å²) in [5.74, 6) is 0.214. The monoisotopic (exact) mass is 313 g/mol. The molecule has 2 rings (SSSR count). The van der Waals surface area contributed by atoms with Crippen LogP contribution in [0.15, 0.2) is 24.3 Å². The predicted octanol–water partition coefficient (Wildman–Crippen LogP) is 1.15. The third-order valence-corrected chi connectivity index (χ3v) is 5.05. The highest BCUT2D eigenvalue weighted by Crippen LogP contribution is 2.18. The number of nitrogens with one attached hydrogen (secondary N) is 2. The molecule has 1 fully saturated rings. The van der Waals surface area contributed by atoms with Crippen LogP contribution in [0, 0.1) is 16.0 Å². The fraction of sp³-hybridized carbons (Fsp3) is 0.417. The number of nitro groups is 1. The van der Waals surface area contributed by atoms with Gasteiger partial charge in [-0.05, 0) is 24.5 Å². The van der Waals surface area contributed by atoms with E-state index in [1.807, 2.05) is 0 Å². The number of carbonyl (C=O) groups excluding carboxylic acids is 1. The van der Waals surface area contributed by atoms with Gasteiger partial charge in [0.15, 0.2) is 9.84 Å². The van der Waals surface area contributed by atoms with Crippen LogP contribution in [0.2, 0.25) is 0 Å². The normalized spacial score (nSPS) is 19.9. The molecule has 8 nitrogen and oxygen atoms in total. The molecule has 1 aliphatic rings. The van der Waals surface area contributed by atoms with Gasteiger partial charge in [-0.25, -0.2) is 13.2 Å². The van der Waals surface area contributed by atoms with Crippen LogP contribution >= 0.6 is 0 Å². The van der Waals surface area contributed by atoms with Gasteiger partial charge in [-0.15, -0.1) is 0 Å². The van der Waals surface area contributed by atoms with E-state index in [0.717, 1.165) is 0 Å². The Morgan fingerprint density at radius 3 is 2.52 bits per heavy atom. The van der Waals surface area contributed by atoms with Gasteiger partial charge < -0.3 is 10.6 Å². The molecule has 114 valence electrons. The summed E-state index contributed by atoms with van der Waals surface area (Å²) in [7, 11) is -2.95. The Bertz CT molecular complexity index is 641. The first-order chi connectivity index (χ1) is 9.85. The zero-order chi connectivity index (χ0) is 15.5.